The van der Waals surface area contributed by atoms with Gasteiger partial charge in [-0.25, -0.2) is 0 Å². The molecule has 1 aromatic carbocycles. The van der Waals surface area contributed by atoms with Crippen LogP contribution in [-0.4, -0.2) is 31.5 Å². The van der Waals surface area contributed by atoms with Crippen LogP contribution in [0.25, 0.3) is 0 Å². The lowest BCUT2D eigenvalue weighted by Gasteiger charge is -2.14. The van der Waals surface area contributed by atoms with Gasteiger partial charge < -0.3 is 14.6 Å². The molecule has 0 heterocycles. The maximum atomic E-state index is 8.92. The van der Waals surface area contributed by atoms with Crippen LogP contribution < -0.4 is 4.74 Å². The number of ether oxygens (including phenoxy) is 2. The van der Waals surface area contributed by atoms with Crippen LogP contribution in [0.5, 0.6) is 5.75 Å². The molecule has 1 aromatic rings. The summed E-state index contributed by atoms with van der Waals surface area (Å²) in [6.45, 7) is 4.65. The maximum absolute atomic E-state index is 8.92. The van der Waals surface area contributed by atoms with Gasteiger partial charge in [-0.15, -0.1) is 0 Å². The molecule has 0 aliphatic rings. The molecule has 0 aliphatic heterocycles. The van der Waals surface area contributed by atoms with E-state index < -0.39 is 0 Å². The number of hydrogen-bond acceptors (Lipinski definition) is 3. The van der Waals surface area contributed by atoms with Crippen LogP contribution in [0.3, 0.4) is 0 Å². The summed E-state index contributed by atoms with van der Waals surface area (Å²) in [7, 11) is 1.56. The van der Waals surface area contributed by atoms with Crippen molar-refractivity contribution in [2.24, 2.45) is 0 Å². The molecule has 0 fully saturated rings. The second-order valence-corrected chi connectivity index (χ2v) is 4.08. The van der Waals surface area contributed by atoms with Crippen molar-refractivity contribution in [3.8, 4) is 5.75 Å². The highest BCUT2D eigenvalue weighted by Gasteiger charge is 2.06. The smallest absolute Gasteiger partial charge is 0.119 e. The second kappa shape index (κ2) is 6.51. The summed E-state index contributed by atoms with van der Waals surface area (Å²) < 4.78 is 10.5. The van der Waals surface area contributed by atoms with Crippen LogP contribution in [0.4, 0.5) is 0 Å². The fourth-order valence-electron chi connectivity index (χ4n) is 1.33. The van der Waals surface area contributed by atoms with E-state index in [-0.39, 0.29) is 12.7 Å². The van der Waals surface area contributed by atoms with Crippen LogP contribution >= 0.6 is 0 Å². The normalized spacial score (nSPS) is 12.8. The predicted octanol–water partition coefficient (Wildman–Crippen LogP) is 2.20. The minimum atomic E-state index is -0.259. The molecular formula is C13H20O3. The maximum Gasteiger partial charge on any atom is 0.119 e. The van der Waals surface area contributed by atoms with Crippen molar-refractivity contribution < 1.29 is 14.6 Å². The van der Waals surface area contributed by atoms with Crippen LogP contribution in [-0.2, 0) is 4.74 Å². The van der Waals surface area contributed by atoms with E-state index in [1.165, 1.54) is 5.56 Å². The zero-order valence-electron chi connectivity index (χ0n) is 10.1. The molecule has 1 unspecified atom stereocenters. The third-order valence-electron chi connectivity index (χ3n) is 2.52. The van der Waals surface area contributed by atoms with E-state index in [2.05, 4.69) is 26.0 Å². The first-order valence-electron chi connectivity index (χ1n) is 5.53. The Balaban J connectivity index is 2.49. The Morgan fingerprint density at radius 2 is 1.81 bits per heavy atom. The van der Waals surface area contributed by atoms with Gasteiger partial charge in [0.2, 0.25) is 0 Å². The zero-order valence-corrected chi connectivity index (χ0v) is 10.1. The van der Waals surface area contributed by atoms with Gasteiger partial charge in [0.1, 0.15) is 18.5 Å². The van der Waals surface area contributed by atoms with Crippen molar-refractivity contribution in [3.05, 3.63) is 29.8 Å². The number of aliphatic hydroxyl groups is 1. The molecule has 0 bridgehead atoms. The summed E-state index contributed by atoms with van der Waals surface area (Å²) in [5.41, 5.74) is 1.29. The lowest BCUT2D eigenvalue weighted by atomic mass is 10.0. The van der Waals surface area contributed by atoms with Crippen molar-refractivity contribution in [1.29, 1.82) is 0 Å². The standard InChI is InChI=1S/C13H20O3/c1-10(2)11-4-6-12(7-5-11)16-9-13(8-14)15-3/h4-7,10,13-14H,8-9H2,1-3H3. The molecule has 0 spiro atoms. The average Bonchev–Trinajstić information content (AvgIpc) is 2.31. The molecule has 3 nitrogen and oxygen atoms in total. The zero-order chi connectivity index (χ0) is 12.0. The van der Waals surface area contributed by atoms with E-state index in [4.69, 9.17) is 14.6 Å². The SMILES string of the molecule is COC(CO)COc1ccc(C(C)C)cc1. The van der Waals surface area contributed by atoms with Crippen LogP contribution in [0, 0.1) is 0 Å². The highest BCUT2D eigenvalue weighted by molar-refractivity contribution is 5.28. The van der Waals surface area contributed by atoms with Gasteiger partial charge in [0.25, 0.3) is 0 Å². The Kier molecular flexibility index (Phi) is 5.29. The largest absolute Gasteiger partial charge is 0.491 e. The topological polar surface area (TPSA) is 38.7 Å². The summed E-state index contributed by atoms with van der Waals surface area (Å²) >= 11 is 0. The molecule has 90 valence electrons. The first-order chi connectivity index (χ1) is 7.67. The Labute approximate surface area is 97.0 Å². The van der Waals surface area contributed by atoms with Gasteiger partial charge in [0.15, 0.2) is 0 Å². The summed E-state index contributed by atoms with van der Waals surface area (Å²) in [5, 5.41) is 8.92. The Bertz CT molecular complexity index is 289. The van der Waals surface area contributed by atoms with Gasteiger partial charge in [-0.1, -0.05) is 26.0 Å². The van der Waals surface area contributed by atoms with E-state index in [0.29, 0.717) is 12.5 Å². The number of benzene rings is 1. The van der Waals surface area contributed by atoms with E-state index >= 15 is 0 Å². The molecule has 3 heteroatoms. The van der Waals surface area contributed by atoms with Crippen molar-refractivity contribution in [2.75, 3.05) is 20.3 Å². The monoisotopic (exact) mass is 224 g/mol. The van der Waals surface area contributed by atoms with Crippen molar-refractivity contribution in [2.45, 2.75) is 25.9 Å². The van der Waals surface area contributed by atoms with E-state index in [1.807, 2.05) is 12.1 Å². The van der Waals surface area contributed by atoms with E-state index in [1.54, 1.807) is 7.11 Å². The van der Waals surface area contributed by atoms with Crippen LogP contribution in [0.15, 0.2) is 24.3 Å². The van der Waals surface area contributed by atoms with E-state index in [0.717, 1.165) is 5.75 Å². The highest BCUT2D eigenvalue weighted by atomic mass is 16.5. The molecule has 1 rings (SSSR count). The highest BCUT2D eigenvalue weighted by Crippen LogP contribution is 2.18. The van der Waals surface area contributed by atoms with Gasteiger partial charge in [-0.3, -0.25) is 0 Å². The summed E-state index contributed by atoms with van der Waals surface area (Å²) in [5.74, 6) is 1.33. The molecule has 0 aromatic heterocycles. The number of methoxy groups -OCH3 is 1. The Morgan fingerprint density at radius 3 is 2.25 bits per heavy atom. The van der Waals surface area contributed by atoms with Gasteiger partial charge >= 0.3 is 0 Å². The van der Waals surface area contributed by atoms with Crippen molar-refractivity contribution in [3.63, 3.8) is 0 Å². The minimum Gasteiger partial charge on any atom is -0.491 e. The summed E-state index contributed by atoms with van der Waals surface area (Å²) in [6.07, 6.45) is -0.259. The molecule has 0 aliphatic carbocycles. The van der Waals surface area contributed by atoms with E-state index in [9.17, 15) is 0 Å². The lowest BCUT2D eigenvalue weighted by Crippen LogP contribution is -2.24. The van der Waals surface area contributed by atoms with Gasteiger partial charge in [0.05, 0.1) is 6.61 Å². The first-order valence-corrected chi connectivity index (χ1v) is 5.53. The lowest BCUT2D eigenvalue weighted by molar-refractivity contribution is 0.0164. The average molecular weight is 224 g/mol. The minimum absolute atomic E-state index is 0.0272. The van der Waals surface area contributed by atoms with Gasteiger partial charge in [-0.05, 0) is 23.6 Å². The first kappa shape index (κ1) is 13.0. The molecule has 1 N–H and O–H groups in total. The molecule has 0 saturated heterocycles. The third kappa shape index (κ3) is 3.83. The van der Waals surface area contributed by atoms with Gasteiger partial charge in [0, 0.05) is 7.11 Å². The number of hydrogen-bond donors (Lipinski definition) is 1. The van der Waals surface area contributed by atoms with Gasteiger partial charge in [-0.2, -0.15) is 0 Å². The molecule has 0 amide bonds. The molecule has 0 saturated carbocycles. The molecule has 1 atom stereocenters. The van der Waals surface area contributed by atoms with Crippen LogP contribution in [0.1, 0.15) is 25.3 Å². The fourth-order valence-corrected chi connectivity index (χ4v) is 1.33. The summed E-state index contributed by atoms with van der Waals surface area (Å²) in [6, 6.07) is 8.00. The van der Waals surface area contributed by atoms with Crippen molar-refractivity contribution in [1.82, 2.24) is 0 Å². The number of rotatable bonds is 6. The van der Waals surface area contributed by atoms with Crippen molar-refractivity contribution >= 4 is 0 Å². The third-order valence-corrected chi connectivity index (χ3v) is 2.52. The molecular weight excluding hydrogens is 204 g/mol. The predicted molar refractivity (Wildman–Crippen MR) is 63.9 cm³/mol. The second-order valence-electron chi connectivity index (χ2n) is 4.08. The molecule has 16 heavy (non-hydrogen) atoms. The Hall–Kier alpha value is -1.06. The number of aliphatic hydroxyl groups excluding tert-OH is 1. The fraction of sp³-hybridized carbons (Fsp3) is 0.538. The Morgan fingerprint density at radius 1 is 1.19 bits per heavy atom. The molecule has 0 radical (unpaired) electrons. The van der Waals surface area contributed by atoms with Crippen LogP contribution in [0.2, 0.25) is 0 Å². The summed E-state index contributed by atoms with van der Waals surface area (Å²) in [4.78, 5) is 0. The quantitative estimate of drug-likeness (QED) is 0.805.